The summed E-state index contributed by atoms with van der Waals surface area (Å²) in [4.78, 5) is 4.34. The molecule has 0 bridgehead atoms. The number of anilines is 1. The highest BCUT2D eigenvalue weighted by Crippen LogP contribution is 2.27. The van der Waals surface area contributed by atoms with E-state index in [1.54, 1.807) is 7.11 Å². The maximum Gasteiger partial charge on any atom is 0.205 e. The minimum atomic E-state index is 0.422. The fourth-order valence-corrected chi connectivity index (χ4v) is 2.27. The summed E-state index contributed by atoms with van der Waals surface area (Å²) in [7, 11) is 1.63. The van der Waals surface area contributed by atoms with Crippen LogP contribution in [-0.2, 0) is 0 Å². The average Bonchev–Trinajstić information content (AvgIpc) is 2.73. The molecule has 0 aliphatic rings. The zero-order valence-corrected chi connectivity index (χ0v) is 11.1. The van der Waals surface area contributed by atoms with Crippen molar-refractivity contribution in [3.8, 4) is 11.4 Å². The number of rotatable bonds is 2. The first-order valence-corrected chi connectivity index (χ1v) is 6.15. The summed E-state index contributed by atoms with van der Waals surface area (Å²) in [6.07, 6.45) is 0. The Bertz CT molecular complexity index is 752. The van der Waals surface area contributed by atoms with E-state index < -0.39 is 0 Å². The molecular weight excluding hydrogens is 262 g/mol. The highest BCUT2D eigenvalue weighted by molar-refractivity contribution is 6.30. The molecule has 0 radical (unpaired) electrons. The SMILES string of the molecule is COc1ccc2nc(N)n(-c3cccc(Cl)c3)c2c1. The van der Waals surface area contributed by atoms with Crippen LogP contribution in [0, 0.1) is 0 Å². The van der Waals surface area contributed by atoms with E-state index in [0.29, 0.717) is 11.0 Å². The van der Waals surface area contributed by atoms with Gasteiger partial charge in [-0.15, -0.1) is 0 Å². The Kier molecular flexibility index (Phi) is 2.80. The number of ether oxygens (including phenoxy) is 1. The summed E-state index contributed by atoms with van der Waals surface area (Å²) in [5, 5.41) is 0.654. The Morgan fingerprint density at radius 2 is 2.05 bits per heavy atom. The van der Waals surface area contributed by atoms with Crippen LogP contribution in [0.25, 0.3) is 16.7 Å². The minimum absolute atomic E-state index is 0.422. The summed E-state index contributed by atoms with van der Waals surface area (Å²) in [5.41, 5.74) is 8.58. The fourth-order valence-electron chi connectivity index (χ4n) is 2.09. The Morgan fingerprint density at radius 3 is 2.79 bits per heavy atom. The zero-order valence-electron chi connectivity index (χ0n) is 10.3. The number of fused-ring (bicyclic) bond motifs is 1. The Morgan fingerprint density at radius 1 is 1.21 bits per heavy atom. The number of nitrogens with two attached hydrogens (primary N) is 1. The maximum atomic E-state index is 6.02. The second-order valence-electron chi connectivity index (χ2n) is 4.14. The van der Waals surface area contributed by atoms with Crippen molar-refractivity contribution in [1.29, 1.82) is 0 Å². The summed E-state index contributed by atoms with van der Waals surface area (Å²) in [6.45, 7) is 0. The molecule has 0 aliphatic carbocycles. The standard InChI is InChI=1S/C14H12ClN3O/c1-19-11-5-6-12-13(8-11)18(14(16)17-12)10-4-2-3-9(15)7-10/h2-8H,1H3,(H2,16,17). The van der Waals surface area contributed by atoms with Crippen molar-refractivity contribution in [2.75, 3.05) is 12.8 Å². The molecule has 0 unspecified atom stereocenters. The van der Waals surface area contributed by atoms with Gasteiger partial charge < -0.3 is 10.5 Å². The van der Waals surface area contributed by atoms with Gasteiger partial charge in [-0.1, -0.05) is 17.7 Å². The van der Waals surface area contributed by atoms with Crippen LogP contribution in [0.4, 0.5) is 5.95 Å². The highest BCUT2D eigenvalue weighted by Gasteiger charge is 2.11. The van der Waals surface area contributed by atoms with Gasteiger partial charge in [-0.2, -0.15) is 0 Å². The fraction of sp³-hybridized carbons (Fsp3) is 0.0714. The van der Waals surface area contributed by atoms with Gasteiger partial charge in [-0.3, -0.25) is 4.57 Å². The van der Waals surface area contributed by atoms with Gasteiger partial charge in [0.25, 0.3) is 0 Å². The quantitative estimate of drug-likeness (QED) is 0.780. The predicted octanol–water partition coefficient (Wildman–Crippen LogP) is 3.27. The molecule has 2 N–H and O–H groups in total. The molecule has 0 amide bonds. The van der Waals surface area contributed by atoms with E-state index >= 15 is 0 Å². The summed E-state index contributed by atoms with van der Waals surface area (Å²) in [5.74, 6) is 1.18. The van der Waals surface area contributed by atoms with Gasteiger partial charge in [0.15, 0.2) is 0 Å². The smallest absolute Gasteiger partial charge is 0.205 e. The third-order valence-electron chi connectivity index (χ3n) is 2.95. The first-order chi connectivity index (χ1) is 9.19. The molecule has 5 heteroatoms. The largest absolute Gasteiger partial charge is 0.497 e. The second kappa shape index (κ2) is 4.48. The lowest BCUT2D eigenvalue weighted by Gasteiger charge is -2.07. The maximum absolute atomic E-state index is 6.02. The monoisotopic (exact) mass is 273 g/mol. The summed E-state index contributed by atoms with van der Waals surface area (Å²) < 4.78 is 7.09. The lowest BCUT2D eigenvalue weighted by molar-refractivity contribution is 0.415. The van der Waals surface area contributed by atoms with Crippen molar-refractivity contribution in [2.45, 2.75) is 0 Å². The van der Waals surface area contributed by atoms with Crippen molar-refractivity contribution in [2.24, 2.45) is 0 Å². The van der Waals surface area contributed by atoms with Gasteiger partial charge in [0.05, 0.1) is 23.8 Å². The van der Waals surface area contributed by atoms with Gasteiger partial charge in [0.2, 0.25) is 5.95 Å². The van der Waals surface area contributed by atoms with Gasteiger partial charge in [0.1, 0.15) is 5.75 Å². The van der Waals surface area contributed by atoms with Crippen molar-refractivity contribution >= 4 is 28.6 Å². The van der Waals surface area contributed by atoms with E-state index in [0.717, 1.165) is 22.5 Å². The third-order valence-corrected chi connectivity index (χ3v) is 3.19. The number of hydrogen-bond donors (Lipinski definition) is 1. The van der Waals surface area contributed by atoms with E-state index in [-0.39, 0.29) is 0 Å². The topological polar surface area (TPSA) is 53.1 Å². The van der Waals surface area contributed by atoms with E-state index in [2.05, 4.69) is 4.98 Å². The van der Waals surface area contributed by atoms with Crippen LogP contribution in [0.3, 0.4) is 0 Å². The molecular formula is C14H12ClN3O. The van der Waals surface area contributed by atoms with Crippen LogP contribution in [0.2, 0.25) is 5.02 Å². The highest BCUT2D eigenvalue weighted by atomic mass is 35.5. The number of halogens is 1. The van der Waals surface area contributed by atoms with E-state index in [4.69, 9.17) is 22.1 Å². The van der Waals surface area contributed by atoms with Crippen molar-refractivity contribution < 1.29 is 4.74 Å². The first-order valence-electron chi connectivity index (χ1n) is 5.77. The second-order valence-corrected chi connectivity index (χ2v) is 4.58. The number of hydrogen-bond acceptors (Lipinski definition) is 3. The van der Waals surface area contributed by atoms with Crippen molar-refractivity contribution in [1.82, 2.24) is 9.55 Å². The van der Waals surface area contributed by atoms with Crippen molar-refractivity contribution in [3.05, 3.63) is 47.5 Å². The number of imidazole rings is 1. The number of nitrogens with zero attached hydrogens (tertiary/aromatic N) is 2. The van der Waals surface area contributed by atoms with Crippen LogP contribution < -0.4 is 10.5 Å². The molecule has 4 nitrogen and oxygen atoms in total. The third kappa shape index (κ3) is 2.00. The Hall–Kier alpha value is -2.20. The van der Waals surface area contributed by atoms with E-state index in [1.807, 2.05) is 47.0 Å². The molecule has 0 saturated heterocycles. The average molecular weight is 274 g/mol. The van der Waals surface area contributed by atoms with Crippen molar-refractivity contribution in [3.63, 3.8) is 0 Å². The van der Waals surface area contributed by atoms with Gasteiger partial charge in [-0.05, 0) is 30.3 Å². The van der Waals surface area contributed by atoms with Crippen LogP contribution in [0.1, 0.15) is 0 Å². The lowest BCUT2D eigenvalue weighted by atomic mass is 10.2. The molecule has 0 spiro atoms. The first kappa shape index (κ1) is 11.9. The molecule has 3 rings (SSSR count). The Balaban J connectivity index is 2.30. The number of benzene rings is 2. The molecule has 96 valence electrons. The molecule has 1 heterocycles. The van der Waals surface area contributed by atoms with E-state index in [1.165, 1.54) is 0 Å². The van der Waals surface area contributed by atoms with Crippen LogP contribution in [-0.4, -0.2) is 16.7 Å². The van der Waals surface area contributed by atoms with Gasteiger partial charge >= 0.3 is 0 Å². The van der Waals surface area contributed by atoms with Crippen LogP contribution in [0.5, 0.6) is 5.75 Å². The van der Waals surface area contributed by atoms with Crippen LogP contribution >= 0.6 is 11.6 Å². The zero-order chi connectivity index (χ0) is 13.4. The number of nitrogen functional groups attached to an aromatic ring is 1. The number of methoxy groups -OCH3 is 1. The molecule has 0 fully saturated rings. The molecule has 1 aromatic heterocycles. The number of aromatic nitrogens is 2. The predicted molar refractivity (Wildman–Crippen MR) is 77.0 cm³/mol. The molecule has 0 aliphatic heterocycles. The summed E-state index contributed by atoms with van der Waals surface area (Å²) >= 11 is 6.02. The molecule has 19 heavy (non-hydrogen) atoms. The normalized spacial score (nSPS) is 10.8. The molecule has 0 saturated carbocycles. The van der Waals surface area contributed by atoms with Gasteiger partial charge in [-0.25, -0.2) is 4.98 Å². The molecule has 0 atom stereocenters. The van der Waals surface area contributed by atoms with Gasteiger partial charge in [0, 0.05) is 11.1 Å². The minimum Gasteiger partial charge on any atom is -0.497 e. The van der Waals surface area contributed by atoms with Crippen LogP contribution in [0.15, 0.2) is 42.5 Å². The van der Waals surface area contributed by atoms with E-state index in [9.17, 15) is 0 Å². The molecule has 2 aromatic carbocycles. The molecule has 3 aromatic rings. The Labute approximate surface area is 115 Å². The lowest BCUT2D eigenvalue weighted by Crippen LogP contribution is -2.00. The summed E-state index contributed by atoms with van der Waals surface area (Å²) in [6, 6.07) is 13.1.